The van der Waals surface area contributed by atoms with Crippen molar-refractivity contribution in [1.82, 2.24) is 4.98 Å². The van der Waals surface area contributed by atoms with E-state index in [1.165, 1.54) is 0 Å². The second-order valence-electron chi connectivity index (χ2n) is 7.82. The molecule has 1 aliphatic heterocycles. The molecule has 0 amide bonds. The maximum atomic E-state index is 11.4. The third-order valence-corrected chi connectivity index (χ3v) is 5.91. The highest BCUT2D eigenvalue weighted by atomic mass is 16.5. The average molecular weight is 428 g/mol. The van der Waals surface area contributed by atoms with Crippen molar-refractivity contribution in [2.75, 3.05) is 37.1 Å². The predicted octanol–water partition coefficient (Wildman–Crippen LogP) is 4.81. The number of carboxylic acid groups (broad SMARTS) is 1. The van der Waals surface area contributed by atoms with E-state index >= 15 is 0 Å². The largest absolute Gasteiger partial charge is 0.481 e. The molecule has 1 aliphatic rings. The number of nitrogens with one attached hydrogen (secondary N) is 1. The Kier molecular flexibility index (Phi) is 8.12. The van der Waals surface area contributed by atoms with E-state index in [1.807, 2.05) is 19.1 Å². The van der Waals surface area contributed by atoms with Crippen LogP contribution >= 0.6 is 0 Å². The van der Waals surface area contributed by atoms with E-state index in [9.17, 15) is 9.90 Å². The number of carboxylic acids is 1. The molecule has 2 aromatic rings. The van der Waals surface area contributed by atoms with E-state index in [-0.39, 0.29) is 12.3 Å². The molecule has 0 saturated carbocycles. The molecule has 31 heavy (non-hydrogen) atoms. The SMILES string of the molecule is CCC(CC(=O)O)c1ccc(N(CC)C2CCOCC2)c(Nc2ccc(OC)nc2)c1. The molecule has 0 bridgehead atoms. The highest BCUT2D eigenvalue weighted by molar-refractivity contribution is 5.77. The number of rotatable bonds is 10. The van der Waals surface area contributed by atoms with Gasteiger partial charge in [0.25, 0.3) is 0 Å². The molecular formula is C24H33N3O4. The topological polar surface area (TPSA) is 83.9 Å². The number of hydrogen-bond donors (Lipinski definition) is 2. The van der Waals surface area contributed by atoms with Gasteiger partial charge in [-0.2, -0.15) is 0 Å². The van der Waals surface area contributed by atoms with E-state index in [2.05, 4.69) is 40.3 Å². The summed E-state index contributed by atoms with van der Waals surface area (Å²) in [5.74, 6) is -0.245. The number of ether oxygens (including phenoxy) is 2. The Hall–Kier alpha value is -2.80. The monoisotopic (exact) mass is 427 g/mol. The highest BCUT2D eigenvalue weighted by Gasteiger charge is 2.24. The Balaban J connectivity index is 1.97. The maximum absolute atomic E-state index is 11.4. The first-order valence-electron chi connectivity index (χ1n) is 11.0. The third-order valence-electron chi connectivity index (χ3n) is 5.91. The van der Waals surface area contributed by atoms with Crippen molar-refractivity contribution >= 4 is 23.0 Å². The standard InChI is InChI=1S/C24H33N3O4/c1-4-17(15-24(28)29)18-6-8-22(27(5-2)20-10-12-31-13-11-20)21(14-18)26-19-7-9-23(30-3)25-16-19/h6-9,14,16-17,20,26H,4-5,10-13,15H2,1-3H3,(H,28,29). The molecule has 1 aromatic heterocycles. The molecule has 1 aromatic carbocycles. The summed E-state index contributed by atoms with van der Waals surface area (Å²) in [6, 6.07) is 10.5. The molecule has 0 spiro atoms. The summed E-state index contributed by atoms with van der Waals surface area (Å²) in [7, 11) is 1.59. The molecule has 7 heteroatoms. The summed E-state index contributed by atoms with van der Waals surface area (Å²) in [6.45, 7) is 6.64. The first-order valence-corrected chi connectivity index (χ1v) is 11.0. The highest BCUT2D eigenvalue weighted by Crippen LogP contribution is 2.36. The number of pyridine rings is 1. The van der Waals surface area contributed by atoms with Crippen LogP contribution in [0.1, 0.15) is 51.0 Å². The summed E-state index contributed by atoms with van der Waals surface area (Å²) >= 11 is 0. The van der Waals surface area contributed by atoms with Gasteiger partial charge >= 0.3 is 5.97 Å². The van der Waals surface area contributed by atoms with Crippen LogP contribution in [-0.4, -0.2) is 49.0 Å². The lowest BCUT2D eigenvalue weighted by Gasteiger charge is -2.37. The minimum absolute atomic E-state index is 0.0285. The summed E-state index contributed by atoms with van der Waals surface area (Å²) in [4.78, 5) is 18.1. The quantitative estimate of drug-likeness (QED) is 0.563. The Morgan fingerprint density at radius 3 is 2.65 bits per heavy atom. The minimum Gasteiger partial charge on any atom is -0.481 e. The van der Waals surface area contributed by atoms with E-state index in [1.54, 1.807) is 13.3 Å². The number of nitrogens with zero attached hydrogens (tertiary/aromatic N) is 2. The van der Waals surface area contributed by atoms with Crippen molar-refractivity contribution in [2.45, 2.75) is 51.5 Å². The van der Waals surface area contributed by atoms with Gasteiger partial charge in [-0.3, -0.25) is 4.79 Å². The van der Waals surface area contributed by atoms with E-state index in [0.717, 1.165) is 61.6 Å². The molecule has 1 atom stereocenters. The van der Waals surface area contributed by atoms with Gasteiger partial charge in [-0.25, -0.2) is 4.98 Å². The van der Waals surface area contributed by atoms with Crippen molar-refractivity contribution in [2.24, 2.45) is 0 Å². The van der Waals surface area contributed by atoms with Crippen molar-refractivity contribution in [3.63, 3.8) is 0 Å². The molecule has 3 rings (SSSR count). The van der Waals surface area contributed by atoms with Crippen LogP contribution in [0.25, 0.3) is 0 Å². The summed E-state index contributed by atoms with van der Waals surface area (Å²) in [5.41, 5.74) is 3.95. The molecule has 0 radical (unpaired) electrons. The number of methoxy groups -OCH3 is 1. The summed E-state index contributed by atoms with van der Waals surface area (Å²) in [5, 5.41) is 12.8. The van der Waals surface area contributed by atoms with Crippen LogP contribution in [0.4, 0.5) is 17.1 Å². The zero-order valence-corrected chi connectivity index (χ0v) is 18.6. The van der Waals surface area contributed by atoms with Crippen LogP contribution in [0.2, 0.25) is 0 Å². The van der Waals surface area contributed by atoms with Gasteiger partial charge in [0, 0.05) is 31.9 Å². The average Bonchev–Trinajstić information content (AvgIpc) is 2.80. The third kappa shape index (κ3) is 5.88. The van der Waals surface area contributed by atoms with Crippen molar-refractivity contribution in [3.8, 4) is 5.88 Å². The number of carbonyl (C=O) groups is 1. The lowest BCUT2D eigenvalue weighted by Crippen LogP contribution is -2.39. The van der Waals surface area contributed by atoms with Gasteiger partial charge in [-0.05, 0) is 55.9 Å². The Bertz CT molecular complexity index is 850. The molecule has 7 nitrogen and oxygen atoms in total. The number of aromatic nitrogens is 1. The van der Waals surface area contributed by atoms with Gasteiger partial charge in [0.05, 0.1) is 36.8 Å². The first kappa shape index (κ1) is 22.9. The molecule has 168 valence electrons. The zero-order chi connectivity index (χ0) is 22.2. The summed E-state index contributed by atoms with van der Waals surface area (Å²) in [6.07, 6.45) is 4.63. The van der Waals surface area contributed by atoms with Gasteiger partial charge in [0.2, 0.25) is 5.88 Å². The minimum atomic E-state index is -0.776. The van der Waals surface area contributed by atoms with Gasteiger partial charge < -0.3 is 24.8 Å². The van der Waals surface area contributed by atoms with E-state index in [4.69, 9.17) is 9.47 Å². The van der Waals surface area contributed by atoms with Crippen LogP contribution in [0, 0.1) is 0 Å². The molecule has 2 N–H and O–H groups in total. The van der Waals surface area contributed by atoms with Gasteiger partial charge in [0.15, 0.2) is 0 Å². The Morgan fingerprint density at radius 2 is 2.06 bits per heavy atom. The molecule has 1 saturated heterocycles. The number of anilines is 3. The van der Waals surface area contributed by atoms with Crippen LogP contribution in [-0.2, 0) is 9.53 Å². The lowest BCUT2D eigenvalue weighted by atomic mass is 9.92. The molecular weight excluding hydrogens is 394 g/mol. The zero-order valence-electron chi connectivity index (χ0n) is 18.6. The first-order chi connectivity index (χ1) is 15.0. The van der Waals surface area contributed by atoms with Gasteiger partial charge in [-0.15, -0.1) is 0 Å². The predicted molar refractivity (Wildman–Crippen MR) is 123 cm³/mol. The second kappa shape index (κ2) is 11.0. The second-order valence-corrected chi connectivity index (χ2v) is 7.82. The Morgan fingerprint density at radius 1 is 1.29 bits per heavy atom. The van der Waals surface area contributed by atoms with Crippen LogP contribution in [0.5, 0.6) is 5.88 Å². The molecule has 1 unspecified atom stereocenters. The normalized spacial score (nSPS) is 15.3. The van der Waals surface area contributed by atoms with E-state index in [0.29, 0.717) is 11.9 Å². The number of aliphatic carboxylic acids is 1. The van der Waals surface area contributed by atoms with Crippen molar-refractivity contribution in [1.29, 1.82) is 0 Å². The van der Waals surface area contributed by atoms with Gasteiger partial charge in [-0.1, -0.05) is 13.0 Å². The maximum Gasteiger partial charge on any atom is 0.303 e. The molecule has 2 heterocycles. The van der Waals surface area contributed by atoms with Crippen LogP contribution < -0.4 is 15.0 Å². The Labute approximate surface area is 184 Å². The number of hydrogen-bond acceptors (Lipinski definition) is 6. The lowest BCUT2D eigenvalue weighted by molar-refractivity contribution is -0.137. The number of benzene rings is 1. The fraction of sp³-hybridized carbons (Fsp3) is 0.500. The van der Waals surface area contributed by atoms with E-state index < -0.39 is 5.97 Å². The fourth-order valence-electron chi connectivity index (χ4n) is 4.22. The van der Waals surface area contributed by atoms with Crippen molar-refractivity contribution in [3.05, 3.63) is 42.1 Å². The van der Waals surface area contributed by atoms with Crippen LogP contribution in [0.3, 0.4) is 0 Å². The van der Waals surface area contributed by atoms with Gasteiger partial charge in [0.1, 0.15) is 0 Å². The van der Waals surface area contributed by atoms with Crippen LogP contribution in [0.15, 0.2) is 36.5 Å². The summed E-state index contributed by atoms with van der Waals surface area (Å²) < 4.78 is 10.7. The smallest absolute Gasteiger partial charge is 0.303 e. The molecule has 1 fully saturated rings. The van der Waals surface area contributed by atoms with Crippen molar-refractivity contribution < 1.29 is 19.4 Å². The fourth-order valence-corrected chi connectivity index (χ4v) is 4.22. The molecule has 0 aliphatic carbocycles.